The summed E-state index contributed by atoms with van der Waals surface area (Å²) in [4.78, 5) is 13.5. The van der Waals surface area contributed by atoms with Crippen molar-refractivity contribution in [3.63, 3.8) is 0 Å². The molecule has 24 heavy (non-hydrogen) atoms. The summed E-state index contributed by atoms with van der Waals surface area (Å²) in [5, 5.41) is 7.88. The van der Waals surface area contributed by atoms with Gasteiger partial charge in [0.1, 0.15) is 5.00 Å². The number of nitrogens with one attached hydrogen (secondary N) is 2. The van der Waals surface area contributed by atoms with E-state index in [1.807, 2.05) is 0 Å². The van der Waals surface area contributed by atoms with Crippen LogP contribution in [0.15, 0.2) is 0 Å². The van der Waals surface area contributed by atoms with Crippen molar-refractivity contribution in [2.24, 2.45) is 5.92 Å². The number of hydrogen-bond donors (Lipinski definition) is 2. The molecule has 1 aliphatic rings. The van der Waals surface area contributed by atoms with Gasteiger partial charge in [0.2, 0.25) is 0 Å². The van der Waals surface area contributed by atoms with Crippen LogP contribution in [0.5, 0.6) is 0 Å². The standard InChI is InChI=1S/C18H28N2O2S2/c1-4-5-6-7-10-19-18(23)20-16-15(17(21)22-3)13-9-8-12(2)11-14(13)24-16/h12H,4-11H2,1-3H3,(H2,19,20,23). The molecule has 4 nitrogen and oxygen atoms in total. The maximum Gasteiger partial charge on any atom is 0.341 e. The first-order valence-electron chi connectivity index (χ1n) is 8.84. The molecule has 2 rings (SSSR count). The first kappa shape index (κ1) is 19.2. The van der Waals surface area contributed by atoms with E-state index < -0.39 is 0 Å². The minimum absolute atomic E-state index is 0.268. The Balaban J connectivity index is 2.03. The number of carbonyl (C=O) groups is 1. The van der Waals surface area contributed by atoms with E-state index in [-0.39, 0.29) is 5.97 Å². The predicted octanol–water partition coefficient (Wildman–Crippen LogP) is 4.53. The Labute approximate surface area is 154 Å². The third-order valence-electron chi connectivity index (χ3n) is 4.44. The summed E-state index contributed by atoms with van der Waals surface area (Å²) in [5.74, 6) is 0.397. The Morgan fingerprint density at radius 1 is 1.38 bits per heavy atom. The van der Waals surface area contributed by atoms with E-state index in [1.54, 1.807) is 11.3 Å². The van der Waals surface area contributed by atoms with E-state index in [1.165, 1.54) is 31.2 Å². The number of thiocarbonyl (C=S) groups is 1. The number of ether oxygens (including phenoxy) is 1. The maximum atomic E-state index is 12.2. The molecule has 0 radical (unpaired) electrons. The van der Waals surface area contributed by atoms with Crippen molar-refractivity contribution < 1.29 is 9.53 Å². The van der Waals surface area contributed by atoms with Gasteiger partial charge in [-0.1, -0.05) is 33.1 Å². The fourth-order valence-electron chi connectivity index (χ4n) is 3.06. The lowest BCUT2D eigenvalue weighted by atomic mass is 9.88. The second-order valence-corrected chi connectivity index (χ2v) is 8.00. The lowest BCUT2D eigenvalue weighted by Crippen LogP contribution is -2.29. The van der Waals surface area contributed by atoms with E-state index >= 15 is 0 Å². The molecule has 6 heteroatoms. The van der Waals surface area contributed by atoms with E-state index in [0.29, 0.717) is 16.6 Å². The van der Waals surface area contributed by atoms with Gasteiger partial charge in [0.15, 0.2) is 5.11 Å². The first-order chi connectivity index (χ1) is 11.6. The number of unbranched alkanes of at least 4 members (excludes halogenated alkanes) is 3. The Morgan fingerprint density at radius 2 is 2.17 bits per heavy atom. The van der Waals surface area contributed by atoms with Crippen LogP contribution in [-0.2, 0) is 17.6 Å². The third-order valence-corrected chi connectivity index (χ3v) is 5.86. The molecular formula is C18H28N2O2S2. The number of hydrogen-bond acceptors (Lipinski definition) is 4. The summed E-state index contributed by atoms with van der Waals surface area (Å²) < 4.78 is 5.00. The van der Waals surface area contributed by atoms with Crippen molar-refractivity contribution in [1.29, 1.82) is 0 Å². The van der Waals surface area contributed by atoms with Crippen LogP contribution >= 0.6 is 23.6 Å². The van der Waals surface area contributed by atoms with Gasteiger partial charge in [-0.3, -0.25) is 0 Å². The summed E-state index contributed by atoms with van der Waals surface area (Å²) in [6.07, 6.45) is 7.89. The van der Waals surface area contributed by atoms with Gasteiger partial charge < -0.3 is 15.4 Å². The largest absolute Gasteiger partial charge is 0.465 e. The van der Waals surface area contributed by atoms with Gasteiger partial charge in [-0.25, -0.2) is 4.79 Å². The summed E-state index contributed by atoms with van der Waals surface area (Å²) in [7, 11) is 1.44. The second kappa shape index (κ2) is 9.37. The van der Waals surface area contributed by atoms with Crippen molar-refractivity contribution >= 4 is 39.6 Å². The fourth-order valence-corrected chi connectivity index (χ4v) is 4.73. The molecule has 0 aromatic carbocycles. The zero-order valence-corrected chi connectivity index (χ0v) is 16.5. The van der Waals surface area contributed by atoms with Gasteiger partial charge in [-0.15, -0.1) is 11.3 Å². The number of esters is 1. The average molecular weight is 369 g/mol. The summed E-state index contributed by atoms with van der Waals surface area (Å²) in [6, 6.07) is 0. The van der Waals surface area contributed by atoms with E-state index in [9.17, 15) is 4.79 Å². The molecule has 0 amide bonds. The fraction of sp³-hybridized carbons (Fsp3) is 0.667. The highest BCUT2D eigenvalue weighted by molar-refractivity contribution is 7.80. The summed E-state index contributed by atoms with van der Waals surface area (Å²) in [5.41, 5.74) is 1.83. The lowest BCUT2D eigenvalue weighted by molar-refractivity contribution is 0.0601. The minimum Gasteiger partial charge on any atom is -0.465 e. The average Bonchev–Trinajstić information content (AvgIpc) is 2.90. The van der Waals surface area contributed by atoms with E-state index in [0.717, 1.165) is 42.8 Å². The van der Waals surface area contributed by atoms with Crippen LogP contribution in [0.3, 0.4) is 0 Å². The Kier molecular flexibility index (Phi) is 7.49. The molecule has 0 saturated carbocycles. The molecule has 1 aromatic rings. The molecule has 0 aliphatic heterocycles. The highest BCUT2D eigenvalue weighted by atomic mass is 32.1. The summed E-state index contributed by atoms with van der Waals surface area (Å²) >= 11 is 7.04. The molecule has 1 aliphatic carbocycles. The second-order valence-electron chi connectivity index (χ2n) is 6.49. The van der Waals surface area contributed by atoms with Crippen LogP contribution < -0.4 is 10.6 Å². The van der Waals surface area contributed by atoms with Crippen LogP contribution in [0, 0.1) is 5.92 Å². The molecule has 1 aromatic heterocycles. The zero-order chi connectivity index (χ0) is 17.5. The lowest BCUT2D eigenvalue weighted by Gasteiger charge is -2.18. The Bertz CT molecular complexity index is 584. The SMILES string of the molecule is CCCCCCNC(=S)Nc1sc2c(c1C(=O)OC)CCC(C)C2. The number of methoxy groups -OCH3 is 1. The molecule has 0 fully saturated rings. The highest BCUT2D eigenvalue weighted by Crippen LogP contribution is 2.39. The third kappa shape index (κ3) is 4.93. The van der Waals surface area contributed by atoms with Crippen LogP contribution in [0.1, 0.15) is 66.8 Å². The van der Waals surface area contributed by atoms with Crippen molar-refractivity contribution in [2.75, 3.05) is 19.0 Å². The molecule has 1 heterocycles. The number of fused-ring (bicyclic) bond motifs is 1. The first-order valence-corrected chi connectivity index (χ1v) is 10.1. The normalized spacial score (nSPS) is 16.4. The molecule has 2 N–H and O–H groups in total. The van der Waals surface area contributed by atoms with Gasteiger partial charge in [0, 0.05) is 11.4 Å². The van der Waals surface area contributed by atoms with Crippen molar-refractivity contribution in [1.82, 2.24) is 5.32 Å². The smallest absolute Gasteiger partial charge is 0.341 e. The molecule has 0 saturated heterocycles. The quantitative estimate of drug-likeness (QED) is 0.421. The Morgan fingerprint density at radius 3 is 2.88 bits per heavy atom. The number of rotatable bonds is 7. The van der Waals surface area contributed by atoms with Gasteiger partial charge in [-0.2, -0.15) is 0 Å². The van der Waals surface area contributed by atoms with Crippen molar-refractivity contribution in [3.8, 4) is 0 Å². The molecule has 1 unspecified atom stereocenters. The minimum atomic E-state index is -0.268. The van der Waals surface area contributed by atoms with E-state index in [2.05, 4.69) is 24.5 Å². The molecule has 1 atom stereocenters. The van der Waals surface area contributed by atoms with Crippen LogP contribution in [0.4, 0.5) is 5.00 Å². The highest BCUT2D eigenvalue weighted by Gasteiger charge is 2.28. The van der Waals surface area contributed by atoms with E-state index in [4.69, 9.17) is 17.0 Å². The monoisotopic (exact) mass is 368 g/mol. The van der Waals surface area contributed by atoms with Gasteiger partial charge >= 0.3 is 5.97 Å². The van der Waals surface area contributed by atoms with Gasteiger partial charge in [0.05, 0.1) is 12.7 Å². The topological polar surface area (TPSA) is 50.4 Å². The molecule has 0 spiro atoms. The zero-order valence-electron chi connectivity index (χ0n) is 14.9. The number of thiophene rings is 1. The van der Waals surface area contributed by atoms with Gasteiger partial charge in [0.25, 0.3) is 0 Å². The van der Waals surface area contributed by atoms with Gasteiger partial charge in [-0.05, 0) is 49.4 Å². The molecule has 0 bridgehead atoms. The summed E-state index contributed by atoms with van der Waals surface area (Å²) in [6.45, 7) is 5.32. The number of anilines is 1. The number of carbonyl (C=O) groups excluding carboxylic acids is 1. The van der Waals surface area contributed by atoms with Crippen LogP contribution in [-0.4, -0.2) is 24.7 Å². The predicted molar refractivity (Wildman–Crippen MR) is 105 cm³/mol. The Hall–Kier alpha value is -1.14. The van der Waals surface area contributed by atoms with Crippen LogP contribution in [0.2, 0.25) is 0 Å². The molecular weight excluding hydrogens is 340 g/mol. The van der Waals surface area contributed by atoms with Crippen molar-refractivity contribution in [2.45, 2.75) is 58.8 Å². The maximum absolute atomic E-state index is 12.2. The van der Waals surface area contributed by atoms with Crippen molar-refractivity contribution in [3.05, 3.63) is 16.0 Å². The molecule has 134 valence electrons. The van der Waals surface area contributed by atoms with Crippen LogP contribution in [0.25, 0.3) is 0 Å².